The quantitative estimate of drug-likeness (QED) is 0.910. The van der Waals surface area contributed by atoms with E-state index in [-0.39, 0.29) is 11.8 Å². The molecule has 3 rings (SSSR count). The molecule has 0 bridgehead atoms. The van der Waals surface area contributed by atoms with E-state index in [1.54, 1.807) is 0 Å². The number of hydrogen-bond acceptors (Lipinski definition) is 2. The second-order valence-electron chi connectivity index (χ2n) is 5.55. The van der Waals surface area contributed by atoms with Crippen molar-refractivity contribution in [3.63, 3.8) is 0 Å². The molecule has 0 saturated heterocycles. The Hall–Kier alpha value is -0.870. The van der Waals surface area contributed by atoms with Gasteiger partial charge in [-0.3, -0.25) is 4.79 Å². The van der Waals surface area contributed by atoms with E-state index in [0.717, 1.165) is 42.4 Å². The van der Waals surface area contributed by atoms with Crippen molar-refractivity contribution < 1.29 is 4.79 Å². The van der Waals surface area contributed by atoms with Crippen LogP contribution in [0.2, 0.25) is 0 Å². The van der Waals surface area contributed by atoms with Crippen LogP contribution < -0.4 is 10.6 Å². The van der Waals surface area contributed by atoms with Gasteiger partial charge in [0.05, 0.1) is 0 Å². The van der Waals surface area contributed by atoms with Crippen LogP contribution in [0.4, 0.5) is 5.69 Å². The zero-order chi connectivity index (χ0) is 13.4. The minimum Gasteiger partial charge on any atom is -0.330 e. The number of anilines is 1. The number of hydrogen-bond donors (Lipinski definition) is 1. The molecular formula is C15H19BrN2O. The Bertz CT molecular complexity index is 503. The number of fused-ring (bicyclic) bond motifs is 1. The van der Waals surface area contributed by atoms with Gasteiger partial charge < -0.3 is 10.6 Å². The van der Waals surface area contributed by atoms with Crippen molar-refractivity contribution in [2.24, 2.45) is 17.6 Å². The summed E-state index contributed by atoms with van der Waals surface area (Å²) in [5.41, 5.74) is 8.16. The van der Waals surface area contributed by atoms with E-state index in [9.17, 15) is 4.79 Å². The van der Waals surface area contributed by atoms with Gasteiger partial charge in [-0.15, -0.1) is 0 Å². The van der Waals surface area contributed by atoms with Crippen LogP contribution >= 0.6 is 15.9 Å². The molecule has 2 aliphatic rings. The first-order chi connectivity index (χ1) is 9.20. The molecule has 3 nitrogen and oxygen atoms in total. The average Bonchev–Trinajstić information content (AvgIpc) is 3.03. The molecule has 0 radical (unpaired) electrons. The lowest BCUT2D eigenvalue weighted by molar-refractivity contribution is -0.123. The maximum absolute atomic E-state index is 12.7. The Kier molecular flexibility index (Phi) is 3.63. The van der Waals surface area contributed by atoms with Crippen LogP contribution in [-0.2, 0) is 11.2 Å². The fourth-order valence-electron chi connectivity index (χ4n) is 3.43. The standard InChI is InChI=1S/C15H19BrN2O/c16-12-5-4-10-6-7-18(14(10)8-12)15(19)13-3-1-2-11(13)9-17/h4-5,8,11,13H,1-3,6-7,9,17H2/t11-,13-/m1/s1. The third kappa shape index (κ3) is 2.32. The molecule has 1 aromatic rings. The van der Waals surface area contributed by atoms with Gasteiger partial charge in [0.1, 0.15) is 0 Å². The van der Waals surface area contributed by atoms with Gasteiger partial charge >= 0.3 is 0 Å². The summed E-state index contributed by atoms with van der Waals surface area (Å²) in [4.78, 5) is 14.7. The first-order valence-corrected chi connectivity index (χ1v) is 7.80. The fraction of sp³-hybridized carbons (Fsp3) is 0.533. The van der Waals surface area contributed by atoms with E-state index in [4.69, 9.17) is 5.73 Å². The summed E-state index contributed by atoms with van der Waals surface area (Å²) in [6.45, 7) is 1.45. The zero-order valence-electron chi connectivity index (χ0n) is 10.9. The van der Waals surface area contributed by atoms with Gasteiger partial charge in [-0.25, -0.2) is 0 Å². The molecule has 1 aliphatic heterocycles. The molecule has 0 unspecified atom stereocenters. The molecule has 1 heterocycles. The minimum absolute atomic E-state index is 0.134. The Morgan fingerprint density at radius 2 is 2.26 bits per heavy atom. The monoisotopic (exact) mass is 322 g/mol. The van der Waals surface area contributed by atoms with Crippen LogP contribution in [0.1, 0.15) is 24.8 Å². The van der Waals surface area contributed by atoms with E-state index in [0.29, 0.717) is 12.5 Å². The number of carbonyl (C=O) groups excluding carboxylic acids is 1. The SMILES string of the molecule is NC[C@H]1CCC[C@H]1C(=O)N1CCc2ccc(Br)cc21. The summed E-state index contributed by atoms with van der Waals surface area (Å²) >= 11 is 3.49. The Labute approximate surface area is 122 Å². The summed E-state index contributed by atoms with van der Waals surface area (Å²) in [7, 11) is 0. The maximum Gasteiger partial charge on any atom is 0.230 e. The Morgan fingerprint density at radius 1 is 1.42 bits per heavy atom. The molecule has 1 aliphatic carbocycles. The van der Waals surface area contributed by atoms with Crippen molar-refractivity contribution in [1.29, 1.82) is 0 Å². The molecule has 4 heteroatoms. The average molecular weight is 323 g/mol. The van der Waals surface area contributed by atoms with Crippen molar-refractivity contribution in [2.75, 3.05) is 18.0 Å². The number of amides is 1. The van der Waals surface area contributed by atoms with Crippen LogP contribution in [0.15, 0.2) is 22.7 Å². The number of nitrogens with two attached hydrogens (primary N) is 1. The summed E-state index contributed by atoms with van der Waals surface area (Å²) in [5.74, 6) is 0.795. The van der Waals surface area contributed by atoms with Crippen LogP contribution in [0.5, 0.6) is 0 Å². The fourth-order valence-corrected chi connectivity index (χ4v) is 3.77. The van der Waals surface area contributed by atoms with Crippen LogP contribution in [0, 0.1) is 11.8 Å². The number of halogens is 1. The molecule has 102 valence electrons. The second-order valence-corrected chi connectivity index (χ2v) is 6.46. The van der Waals surface area contributed by atoms with Crippen LogP contribution in [0.3, 0.4) is 0 Å². The molecule has 2 atom stereocenters. The summed E-state index contributed by atoms with van der Waals surface area (Å²) < 4.78 is 1.03. The first kappa shape index (κ1) is 13.1. The van der Waals surface area contributed by atoms with Gasteiger partial charge in [0, 0.05) is 22.6 Å². The predicted molar refractivity (Wildman–Crippen MR) is 80.1 cm³/mol. The van der Waals surface area contributed by atoms with Gasteiger partial charge in [-0.2, -0.15) is 0 Å². The number of benzene rings is 1. The van der Waals surface area contributed by atoms with Crippen LogP contribution in [0.25, 0.3) is 0 Å². The molecule has 19 heavy (non-hydrogen) atoms. The lowest BCUT2D eigenvalue weighted by Crippen LogP contribution is -2.38. The van der Waals surface area contributed by atoms with Gasteiger partial charge in [-0.05, 0) is 49.4 Å². The smallest absolute Gasteiger partial charge is 0.230 e. The molecule has 1 fully saturated rings. The van der Waals surface area contributed by atoms with Crippen LogP contribution in [-0.4, -0.2) is 19.0 Å². The van der Waals surface area contributed by atoms with E-state index >= 15 is 0 Å². The summed E-state index contributed by atoms with van der Waals surface area (Å²) in [6.07, 6.45) is 4.21. The maximum atomic E-state index is 12.7. The zero-order valence-corrected chi connectivity index (χ0v) is 12.5. The number of rotatable bonds is 2. The topological polar surface area (TPSA) is 46.3 Å². The molecule has 0 aromatic heterocycles. The largest absolute Gasteiger partial charge is 0.330 e. The molecule has 1 amide bonds. The van der Waals surface area contributed by atoms with E-state index in [2.05, 4.69) is 28.1 Å². The van der Waals surface area contributed by atoms with Gasteiger partial charge in [0.2, 0.25) is 5.91 Å². The normalized spacial score (nSPS) is 25.7. The molecular weight excluding hydrogens is 304 g/mol. The van der Waals surface area contributed by atoms with Crippen molar-refractivity contribution >= 4 is 27.5 Å². The van der Waals surface area contributed by atoms with Crippen molar-refractivity contribution in [3.05, 3.63) is 28.2 Å². The highest BCUT2D eigenvalue weighted by Crippen LogP contribution is 2.37. The second kappa shape index (κ2) is 5.25. The molecule has 0 spiro atoms. The van der Waals surface area contributed by atoms with Crippen molar-refractivity contribution in [1.82, 2.24) is 0 Å². The lowest BCUT2D eigenvalue weighted by atomic mass is 9.94. The Morgan fingerprint density at radius 3 is 3.05 bits per heavy atom. The molecule has 1 saturated carbocycles. The Balaban J connectivity index is 1.85. The highest BCUT2D eigenvalue weighted by molar-refractivity contribution is 9.10. The molecule has 2 N–H and O–H groups in total. The van der Waals surface area contributed by atoms with E-state index < -0.39 is 0 Å². The summed E-state index contributed by atoms with van der Waals surface area (Å²) in [6, 6.07) is 6.22. The van der Waals surface area contributed by atoms with E-state index in [1.807, 2.05) is 11.0 Å². The van der Waals surface area contributed by atoms with Gasteiger partial charge in [0.25, 0.3) is 0 Å². The number of carbonyl (C=O) groups is 1. The van der Waals surface area contributed by atoms with Crippen molar-refractivity contribution in [3.8, 4) is 0 Å². The molecule has 1 aromatic carbocycles. The van der Waals surface area contributed by atoms with E-state index in [1.165, 1.54) is 5.56 Å². The number of nitrogens with zero attached hydrogens (tertiary/aromatic N) is 1. The van der Waals surface area contributed by atoms with Gasteiger partial charge in [0.15, 0.2) is 0 Å². The highest BCUT2D eigenvalue weighted by Gasteiger charge is 2.37. The predicted octanol–water partition coefficient (Wildman–Crippen LogP) is 2.71. The lowest BCUT2D eigenvalue weighted by Gasteiger charge is -2.24. The third-order valence-corrected chi connectivity index (χ3v) is 4.98. The third-order valence-electron chi connectivity index (χ3n) is 4.49. The minimum atomic E-state index is 0.134. The summed E-state index contributed by atoms with van der Waals surface area (Å²) in [5, 5.41) is 0. The first-order valence-electron chi connectivity index (χ1n) is 7.00. The van der Waals surface area contributed by atoms with Gasteiger partial charge in [-0.1, -0.05) is 28.4 Å². The van der Waals surface area contributed by atoms with Crippen molar-refractivity contribution in [2.45, 2.75) is 25.7 Å². The highest BCUT2D eigenvalue weighted by atomic mass is 79.9.